The average Bonchev–Trinajstić information content (AvgIpc) is 2.61. The Balaban J connectivity index is 2.28. The molecule has 9 heteroatoms. The molecule has 0 spiro atoms. The Morgan fingerprint density at radius 2 is 1.43 bits per heavy atom. The predicted octanol–water partition coefficient (Wildman–Crippen LogP) is 1.90. The highest BCUT2D eigenvalue weighted by atomic mass is 32.2. The number of nitrogens with one attached hydrogen (secondary N) is 1. The third kappa shape index (κ3) is 5.40. The number of nitrogens with zero attached hydrogens (tertiary/aromatic N) is 1. The number of carbonyl (C=O) groups excluding carboxylic acids is 1. The van der Waals surface area contributed by atoms with Gasteiger partial charge in [0.15, 0.2) is 9.84 Å². The van der Waals surface area contributed by atoms with E-state index in [4.69, 9.17) is 0 Å². The maximum Gasteiger partial charge on any atom is 0.243 e. The normalized spacial score (nSPS) is 14.5. The zero-order valence-corrected chi connectivity index (χ0v) is 17.8. The van der Waals surface area contributed by atoms with E-state index in [0.29, 0.717) is 11.1 Å². The van der Waals surface area contributed by atoms with Crippen LogP contribution in [0.3, 0.4) is 0 Å². The number of hydrogen-bond donors (Lipinski definition) is 1. The summed E-state index contributed by atoms with van der Waals surface area (Å²) in [5, 5.41) is 2.81. The minimum Gasteiger partial charge on any atom is -0.348 e. The predicted molar refractivity (Wildman–Crippen MR) is 108 cm³/mol. The van der Waals surface area contributed by atoms with E-state index in [1.807, 2.05) is 0 Å². The summed E-state index contributed by atoms with van der Waals surface area (Å²) in [6, 6.07) is 13.4. The molecule has 0 saturated heterocycles. The van der Waals surface area contributed by atoms with Gasteiger partial charge in [-0.1, -0.05) is 42.5 Å². The van der Waals surface area contributed by atoms with E-state index in [2.05, 4.69) is 5.32 Å². The van der Waals surface area contributed by atoms with Crippen molar-refractivity contribution in [2.24, 2.45) is 0 Å². The van der Waals surface area contributed by atoms with Gasteiger partial charge in [-0.3, -0.25) is 4.79 Å². The number of sulfone groups is 1. The molecule has 2 aromatic carbocycles. The molecule has 28 heavy (non-hydrogen) atoms. The zero-order valence-electron chi connectivity index (χ0n) is 16.2. The van der Waals surface area contributed by atoms with Crippen molar-refractivity contribution in [1.82, 2.24) is 9.62 Å². The van der Waals surface area contributed by atoms with Gasteiger partial charge in [-0.25, -0.2) is 16.8 Å². The maximum atomic E-state index is 12.9. The molecule has 7 nitrogen and oxygen atoms in total. The summed E-state index contributed by atoms with van der Waals surface area (Å²) in [4.78, 5) is 13.1. The van der Waals surface area contributed by atoms with E-state index in [-0.39, 0.29) is 4.90 Å². The molecule has 0 unspecified atom stereocenters. The third-order valence-corrected chi connectivity index (χ3v) is 6.80. The Kier molecular flexibility index (Phi) is 6.63. The van der Waals surface area contributed by atoms with Crippen LogP contribution in [0.15, 0.2) is 59.5 Å². The lowest BCUT2D eigenvalue weighted by atomic mass is 10.0. The number of benzene rings is 2. The van der Waals surface area contributed by atoms with Crippen LogP contribution in [0.1, 0.15) is 30.1 Å². The quantitative estimate of drug-likeness (QED) is 0.732. The first-order chi connectivity index (χ1) is 12.9. The molecule has 0 bridgehead atoms. The van der Waals surface area contributed by atoms with Gasteiger partial charge in [0.05, 0.1) is 17.2 Å². The van der Waals surface area contributed by atoms with E-state index < -0.39 is 37.9 Å². The van der Waals surface area contributed by atoms with Crippen LogP contribution in [0.2, 0.25) is 0 Å². The molecule has 0 aliphatic rings. The lowest BCUT2D eigenvalue weighted by Crippen LogP contribution is -2.42. The van der Waals surface area contributed by atoms with E-state index >= 15 is 0 Å². The Morgan fingerprint density at radius 3 is 1.89 bits per heavy atom. The molecule has 0 aliphatic carbocycles. The molecule has 1 amide bonds. The second kappa shape index (κ2) is 8.42. The van der Waals surface area contributed by atoms with Gasteiger partial charge in [-0.15, -0.1) is 0 Å². The molecule has 2 aromatic rings. The highest BCUT2D eigenvalue weighted by molar-refractivity contribution is 7.90. The molecule has 0 saturated carbocycles. The topological polar surface area (TPSA) is 101 Å². The van der Waals surface area contributed by atoms with Crippen LogP contribution in [0.4, 0.5) is 0 Å². The van der Waals surface area contributed by atoms with E-state index in [9.17, 15) is 21.6 Å². The Labute approximate surface area is 166 Å². The van der Waals surface area contributed by atoms with Crippen LogP contribution in [0.5, 0.6) is 0 Å². The van der Waals surface area contributed by atoms with Crippen LogP contribution in [-0.4, -0.2) is 46.6 Å². The first-order valence-corrected chi connectivity index (χ1v) is 12.2. The molecule has 2 atom stereocenters. The number of hydrogen-bond acceptors (Lipinski definition) is 5. The molecule has 0 aromatic heterocycles. The summed E-state index contributed by atoms with van der Waals surface area (Å²) in [5.41, 5.74) is 1.25. The molecule has 1 N–H and O–H groups in total. The van der Waals surface area contributed by atoms with Crippen molar-refractivity contribution in [2.75, 3.05) is 19.6 Å². The molecule has 0 aliphatic heterocycles. The van der Waals surface area contributed by atoms with Crippen molar-refractivity contribution in [2.45, 2.75) is 23.9 Å². The van der Waals surface area contributed by atoms with Crippen LogP contribution in [-0.2, 0) is 24.7 Å². The Hall–Kier alpha value is -2.23. The fourth-order valence-electron chi connectivity index (χ4n) is 2.73. The van der Waals surface area contributed by atoms with Gasteiger partial charge in [-0.2, -0.15) is 4.31 Å². The molecule has 0 heterocycles. The number of sulfonamides is 1. The molecular weight excluding hydrogens is 400 g/mol. The molecule has 0 fully saturated rings. The smallest absolute Gasteiger partial charge is 0.243 e. The van der Waals surface area contributed by atoms with Gasteiger partial charge in [0.2, 0.25) is 15.9 Å². The summed E-state index contributed by atoms with van der Waals surface area (Å²) >= 11 is 0. The minimum atomic E-state index is -3.61. The van der Waals surface area contributed by atoms with Gasteiger partial charge in [0.25, 0.3) is 0 Å². The lowest BCUT2D eigenvalue weighted by molar-refractivity contribution is -0.125. The van der Waals surface area contributed by atoms with Gasteiger partial charge in [0, 0.05) is 13.3 Å². The van der Waals surface area contributed by atoms with Crippen molar-refractivity contribution in [3.63, 3.8) is 0 Å². The number of amides is 1. The number of carbonyl (C=O) groups is 1. The van der Waals surface area contributed by atoms with E-state index in [1.165, 1.54) is 19.2 Å². The third-order valence-electron chi connectivity index (χ3n) is 4.42. The summed E-state index contributed by atoms with van der Waals surface area (Å²) in [5.74, 6) is -0.473. The van der Waals surface area contributed by atoms with Crippen LogP contribution in [0, 0.1) is 0 Å². The first kappa shape index (κ1) is 22.1. The van der Waals surface area contributed by atoms with Crippen LogP contribution in [0.25, 0.3) is 0 Å². The maximum absolute atomic E-state index is 12.9. The Bertz CT molecular complexity index is 1030. The van der Waals surface area contributed by atoms with Gasteiger partial charge >= 0.3 is 0 Å². The van der Waals surface area contributed by atoms with Gasteiger partial charge in [0.1, 0.15) is 6.04 Å². The van der Waals surface area contributed by atoms with E-state index in [0.717, 1.165) is 16.8 Å². The summed E-state index contributed by atoms with van der Waals surface area (Å²) < 4.78 is 48.2. The monoisotopic (exact) mass is 424 g/mol. The van der Waals surface area contributed by atoms with Gasteiger partial charge in [-0.05, 0) is 30.2 Å². The summed E-state index contributed by atoms with van der Waals surface area (Å²) in [6.45, 7) is 1.75. The summed E-state index contributed by atoms with van der Waals surface area (Å²) in [7, 11) is -5.56. The lowest BCUT2D eigenvalue weighted by Gasteiger charge is -2.27. The van der Waals surface area contributed by atoms with E-state index in [1.54, 1.807) is 49.4 Å². The zero-order chi connectivity index (χ0) is 21.1. The Morgan fingerprint density at radius 1 is 0.893 bits per heavy atom. The second-order valence-corrected chi connectivity index (χ2v) is 10.7. The van der Waals surface area contributed by atoms with Crippen molar-refractivity contribution < 1.29 is 21.6 Å². The molecular formula is C19H24N2O5S2. The largest absolute Gasteiger partial charge is 0.348 e. The van der Waals surface area contributed by atoms with Crippen molar-refractivity contribution in [3.05, 3.63) is 65.7 Å². The second-order valence-electron chi connectivity index (χ2n) is 6.66. The fourth-order valence-corrected chi connectivity index (χ4v) is 3.96. The van der Waals surface area contributed by atoms with Gasteiger partial charge < -0.3 is 5.32 Å². The first-order valence-electron chi connectivity index (χ1n) is 8.49. The average molecular weight is 425 g/mol. The highest BCUT2D eigenvalue weighted by Gasteiger charge is 2.31. The van der Waals surface area contributed by atoms with Crippen molar-refractivity contribution in [1.29, 1.82) is 0 Å². The van der Waals surface area contributed by atoms with Crippen LogP contribution >= 0.6 is 0 Å². The highest BCUT2D eigenvalue weighted by Crippen LogP contribution is 2.24. The molecule has 2 rings (SSSR count). The molecule has 152 valence electrons. The SMILES string of the molecule is C[C@H](NC(=O)[C@@H](c1ccccc1)N(C)S(C)(=O)=O)c1ccc(S(C)(=O)=O)cc1. The van der Waals surface area contributed by atoms with Crippen molar-refractivity contribution >= 4 is 25.8 Å². The fraction of sp³-hybridized carbons (Fsp3) is 0.316. The summed E-state index contributed by atoms with van der Waals surface area (Å²) in [6.07, 6.45) is 2.17. The minimum absolute atomic E-state index is 0.189. The van der Waals surface area contributed by atoms with Crippen LogP contribution < -0.4 is 5.32 Å². The number of rotatable bonds is 7. The standard InChI is InChI=1S/C19H24N2O5S2/c1-14(15-10-12-17(13-11-15)27(3,23)24)20-19(22)18(21(2)28(4,25)26)16-8-6-5-7-9-16/h5-14,18H,1-4H3,(H,20,22)/t14-,18+/m0/s1. The van der Waals surface area contributed by atoms with Crippen molar-refractivity contribution in [3.8, 4) is 0 Å². The molecule has 0 radical (unpaired) electrons. The number of likely N-dealkylation sites (N-methyl/N-ethyl adjacent to an activating group) is 1.